The molecular formula is C23H39N5O2. The van der Waals surface area contributed by atoms with Gasteiger partial charge in [0.15, 0.2) is 0 Å². The lowest BCUT2D eigenvalue weighted by molar-refractivity contribution is 0.0146. The van der Waals surface area contributed by atoms with Crippen molar-refractivity contribution in [2.75, 3.05) is 77.4 Å². The van der Waals surface area contributed by atoms with Crippen LogP contribution >= 0.6 is 0 Å². The average Bonchev–Trinajstić information content (AvgIpc) is 2.71. The van der Waals surface area contributed by atoms with Crippen LogP contribution in [0.5, 0.6) is 0 Å². The Morgan fingerprint density at radius 2 is 1.60 bits per heavy atom. The summed E-state index contributed by atoms with van der Waals surface area (Å²) in [6, 6.07) is 8.97. The van der Waals surface area contributed by atoms with E-state index in [-0.39, 0.29) is 6.09 Å². The molecule has 0 aliphatic carbocycles. The molecule has 7 nitrogen and oxygen atoms in total. The molecule has 1 N–H and O–H groups in total. The normalized spacial score (nSPS) is 19.2. The van der Waals surface area contributed by atoms with Crippen LogP contribution in [0.3, 0.4) is 0 Å². The SMILES string of the molecule is CN1CCN(c2ccc(CNCCN3CCN(C(=O)OC(C)(C)C)CC3)cc2)CC1. The van der Waals surface area contributed by atoms with Gasteiger partial charge in [-0.15, -0.1) is 0 Å². The molecule has 0 atom stereocenters. The summed E-state index contributed by atoms with van der Waals surface area (Å²) in [6.07, 6.45) is -0.194. The lowest BCUT2D eigenvalue weighted by Crippen LogP contribution is -2.51. The van der Waals surface area contributed by atoms with Crippen LogP contribution in [0.4, 0.5) is 10.5 Å². The maximum absolute atomic E-state index is 12.1. The van der Waals surface area contributed by atoms with Gasteiger partial charge in [0.1, 0.15) is 5.60 Å². The fraction of sp³-hybridized carbons (Fsp3) is 0.696. The molecule has 2 fully saturated rings. The average molecular weight is 418 g/mol. The molecule has 1 aromatic rings. The van der Waals surface area contributed by atoms with E-state index in [9.17, 15) is 4.79 Å². The second kappa shape index (κ2) is 10.5. The molecule has 0 saturated carbocycles. The number of likely N-dealkylation sites (N-methyl/N-ethyl adjacent to an activating group) is 1. The minimum Gasteiger partial charge on any atom is -0.444 e. The van der Waals surface area contributed by atoms with Crippen LogP contribution in [0.25, 0.3) is 0 Å². The first-order valence-corrected chi connectivity index (χ1v) is 11.2. The van der Waals surface area contributed by atoms with Gasteiger partial charge in [0, 0.05) is 77.7 Å². The predicted octanol–water partition coefficient (Wildman–Crippen LogP) is 2.08. The number of nitrogens with zero attached hydrogens (tertiary/aromatic N) is 4. The van der Waals surface area contributed by atoms with Crippen LogP contribution in [0.15, 0.2) is 24.3 Å². The first-order chi connectivity index (χ1) is 14.3. The van der Waals surface area contributed by atoms with Crippen molar-refractivity contribution in [2.24, 2.45) is 0 Å². The van der Waals surface area contributed by atoms with Crippen LogP contribution in [0.2, 0.25) is 0 Å². The van der Waals surface area contributed by atoms with Gasteiger partial charge in [0.25, 0.3) is 0 Å². The van der Waals surface area contributed by atoms with E-state index < -0.39 is 5.60 Å². The van der Waals surface area contributed by atoms with Gasteiger partial charge >= 0.3 is 6.09 Å². The Balaban J connectivity index is 1.31. The van der Waals surface area contributed by atoms with Crippen molar-refractivity contribution < 1.29 is 9.53 Å². The maximum atomic E-state index is 12.1. The first-order valence-electron chi connectivity index (χ1n) is 11.2. The molecule has 7 heteroatoms. The van der Waals surface area contributed by atoms with E-state index >= 15 is 0 Å². The molecule has 0 aromatic heterocycles. The van der Waals surface area contributed by atoms with Gasteiger partial charge in [-0.3, -0.25) is 4.90 Å². The highest BCUT2D eigenvalue weighted by atomic mass is 16.6. The number of carbonyl (C=O) groups is 1. The Labute approximate surface area is 181 Å². The van der Waals surface area contributed by atoms with Gasteiger partial charge in [-0.05, 0) is 45.5 Å². The summed E-state index contributed by atoms with van der Waals surface area (Å²) in [5.41, 5.74) is 2.22. The Hall–Kier alpha value is -1.83. The quantitative estimate of drug-likeness (QED) is 0.716. The number of carbonyl (C=O) groups excluding carboxylic acids is 1. The molecule has 2 aliphatic heterocycles. The minimum atomic E-state index is -0.430. The fourth-order valence-electron chi connectivity index (χ4n) is 3.84. The number of benzene rings is 1. The highest BCUT2D eigenvalue weighted by molar-refractivity contribution is 5.68. The van der Waals surface area contributed by atoms with Gasteiger partial charge in [0.05, 0.1) is 0 Å². The van der Waals surface area contributed by atoms with Gasteiger partial charge in [-0.25, -0.2) is 4.79 Å². The van der Waals surface area contributed by atoms with E-state index in [1.807, 2.05) is 25.7 Å². The highest BCUT2D eigenvalue weighted by Crippen LogP contribution is 2.17. The van der Waals surface area contributed by atoms with E-state index in [1.54, 1.807) is 0 Å². The third kappa shape index (κ3) is 7.15. The fourth-order valence-corrected chi connectivity index (χ4v) is 3.84. The summed E-state index contributed by atoms with van der Waals surface area (Å²) in [4.78, 5) is 21.2. The number of piperazine rings is 2. The molecule has 3 rings (SSSR count). The molecule has 0 unspecified atom stereocenters. The topological polar surface area (TPSA) is 51.3 Å². The van der Waals surface area contributed by atoms with Crippen LogP contribution in [-0.2, 0) is 11.3 Å². The molecule has 2 heterocycles. The van der Waals surface area contributed by atoms with Gasteiger partial charge in [-0.1, -0.05) is 12.1 Å². The Morgan fingerprint density at radius 3 is 2.20 bits per heavy atom. The Morgan fingerprint density at radius 1 is 0.967 bits per heavy atom. The number of nitrogens with one attached hydrogen (secondary N) is 1. The standard InChI is InChI=1S/C23H39N5O2/c1-23(2,3)30-22(29)28-17-13-26(14-18-28)10-9-24-19-20-5-7-21(8-6-20)27-15-11-25(4)12-16-27/h5-8,24H,9-19H2,1-4H3. The lowest BCUT2D eigenvalue weighted by atomic mass is 10.2. The van der Waals surface area contributed by atoms with Crippen molar-refractivity contribution in [3.8, 4) is 0 Å². The molecule has 0 radical (unpaired) electrons. The number of rotatable bonds is 6. The van der Waals surface area contributed by atoms with Crippen molar-refractivity contribution in [2.45, 2.75) is 32.9 Å². The van der Waals surface area contributed by atoms with E-state index in [0.717, 1.165) is 72.0 Å². The summed E-state index contributed by atoms with van der Waals surface area (Å²) >= 11 is 0. The smallest absolute Gasteiger partial charge is 0.410 e. The highest BCUT2D eigenvalue weighted by Gasteiger charge is 2.25. The van der Waals surface area contributed by atoms with Crippen molar-refractivity contribution in [3.05, 3.63) is 29.8 Å². The molecule has 1 aromatic carbocycles. The lowest BCUT2D eigenvalue weighted by Gasteiger charge is -2.35. The summed E-state index contributed by atoms with van der Waals surface area (Å²) in [7, 11) is 2.19. The molecule has 168 valence electrons. The summed E-state index contributed by atoms with van der Waals surface area (Å²) < 4.78 is 5.46. The summed E-state index contributed by atoms with van der Waals surface area (Å²) in [6.45, 7) is 16.3. The summed E-state index contributed by atoms with van der Waals surface area (Å²) in [5, 5.41) is 3.55. The minimum absolute atomic E-state index is 0.194. The second-order valence-corrected chi connectivity index (χ2v) is 9.44. The molecule has 30 heavy (non-hydrogen) atoms. The van der Waals surface area contributed by atoms with E-state index in [2.05, 4.69) is 51.3 Å². The Kier molecular flexibility index (Phi) is 7.97. The van der Waals surface area contributed by atoms with Gasteiger partial charge in [0.2, 0.25) is 0 Å². The van der Waals surface area contributed by atoms with Crippen LogP contribution in [0.1, 0.15) is 26.3 Å². The zero-order valence-electron chi connectivity index (χ0n) is 19.2. The number of amides is 1. The molecule has 0 bridgehead atoms. The summed E-state index contributed by atoms with van der Waals surface area (Å²) in [5.74, 6) is 0. The number of hydrogen-bond donors (Lipinski definition) is 1. The Bertz CT molecular complexity index is 657. The van der Waals surface area contributed by atoms with Gasteiger partial charge < -0.3 is 24.8 Å². The molecular weight excluding hydrogens is 378 g/mol. The van der Waals surface area contributed by atoms with Crippen molar-refractivity contribution in [3.63, 3.8) is 0 Å². The van der Waals surface area contributed by atoms with E-state index in [1.165, 1.54) is 11.3 Å². The third-order valence-corrected chi connectivity index (χ3v) is 5.76. The third-order valence-electron chi connectivity index (χ3n) is 5.76. The van der Waals surface area contributed by atoms with Gasteiger partial charge in [-0.2, -0.15) is 0 Å². The monoisotopic (exact) mass is 417 g/mol. The van der Waals surface area contributed by atoms with Crippen molar-refractivity contribution in [1.29, 1.82) is 0 Å². The van der Waals surface area contributed by atoms with Crippen LogP contribution < -0.4 is 10.2 Å². The van der Waals surface area contributed by atoms with Crippen molar-refractivity contribution >= 4 is 11.8 Å². The molecule has 2 aliphatic rings. The predicted molar refractivity (Wildman–Crippen MR) is 122 cm³/mol. The zero-order chi connectivity index (χ0) is 21.6. The van der Waals surface area contributed by atoms with Crippen LogP contribution in [-0.4, -0.2) is 98.9 Å². The number of ether oxygens (including phenoxy) is 1. The zero-order valence-corrected chi connectivity index (χ0v) is 19.2. The van der Waals surface area contributed by atoms with E-state index in [0.29, 0.717) is 0 Å². The second-order valence-electron chi connectivity index (χ2n) is 9.44. The molecule has 1 amide bonds. The number of hydrogen-bond acceptors (Lipinski definition) is 6. The van der Waals surface area contributed by atoms with Crippen LogP contribution in [0, 0.1) is 0 Å². The van der Waals surface area contributed by atoms with E-state index in [4.69, 9.17) is 4.74 Å². The number of anilines is 1. The first kappa shape index (κ1) is 22.8. The van der Waals surface area contributed by atoms with Crippen molar-refractivity contribution in [1.82, 2.24) is 20.0 Å². The molecule has 0 spiro atoms. The molecule has 2 saturated heterocycles. The maximum Gasteiger partial charge on any atom is 0.410 e. The largest absolute Gasteiger partial charge is 0.444 e.